The molecule has 2 saturated heterocycles. The van der Waals surface area contributed by atoms with Crippen molar-refractivity contribution in [2.24, 2.45) is 4.99 Å². The monoisotopic (exact) mass is 305 g/mol. The largest absolute Gasteiger partial charge is 0.330 e. The Morgan fingerprint density at radius 3 is 2.52 bits per heavy atom. The number of nitrogens with zero attached hydrogens (tertiary/aromatic N) is 5. The van der Waals surface area contributed by atoms with Gasteiger partial charge in [-0.15, -0.1) is 12.6 Å². The molecule has 0 amide bonds. The second-order valence-corrected chi connectivity index (χ2v) is 6.32. The molecule has 3 heterocycles. The van der Waals surface area contributed by atoms with Crippen molar-refractivity contribution >= 4 is 24.3 Å². The number of likely N-dealkylation sites (tertiary alicyclic amines) is 1. The predicted molar refractivity (Wildman–Crippen MR) is 88.7 cm³/mol. The highest BCUT2D eigenvalue weighted by atomic mass is 32.1. The Morgan fingerprint density at radius 2 is 1.81 bits per heavy atom. The summed E-state index contributed by atoms with van der Waals surface area (Å²) in [5, 5.41) is 0. The lowest BCUT2D eigenvalue weighted by molar-refractivity contribution is 0.228. The zero-order valence-electron chi connectivity index (χ0n) is 12.4. The molecule has 0 radical (unpaired) electrons. The Kier molecular flexibility index (Phi) is 5.08. The molecule has 0 spiro atoms. The maximum atomic E-state index is 4.68. The topological polar surface area (TPSA) is 44.6 Å². The van der Waals surface area contributed by atoms with E-state index in [0.29, 0.717) is 0 Å². The molecule has 0 saturated carbocycles. The average Bonchev–Trinajstić information content (AvgIpc) is 2.48. The van der Waals surface area contributed by atoms with Gasteiger partial charge >= 0.3 is 0 Å². The van der Waals surface area contributed by atoms with Crippen molar-refractivity contribution in [2.45, 2.75) is 30.6 Å². The normalized spacial score (nSPS) is 19.5. The standard InChI is InChI=1S/C15H23N5S/c21-14-9-17-15(18-10-14)20-11-13(12-20)16-5-4-8-19-6-2-1-3-7-19/h9-10,21H,1-8,11-12H2. The number of thiol groups is 1. The molecule has 6 heteroatoms. The summed E-state index contributed by atoms with van der Waals surface area (Å²) in [6.45, 7) is 6.46. The Bertz CT molecular complexity index is 473. The maximum absolute atomic E-state index is 4.68. The first-order valence-corrected chi connectivity index (χ1v) is 8.26. The van der Waals surface area contributed by atoms with E-state index in [1.807, 2.05) is 0 Å². The number of hydrogen-bond donors (Lipinski definition) is 1. The van der Waals surface area contributed by atoms with Gasteiger partial charge in [0, 0.05) is 23.8 Å². The molecule has 0 atom stereocenters. The molecule has 114 valence electrons. The second kappa shape index (κ2) is 7.22. The summed E-state index contributed by atoms with van der Waals surface area (Å²) in [4.78, 5) is 18.7. The fourth-order valence-electron chi connectivity index (χ4n) is 2.83. The van der Waals surface area contributed by atoms with E-state index < -0.39 is 0 Å². The smallest absolute Gasteiger partial charge is 0.226 e. The lowest BCUT2D eigenvalue weighted by atomic mass is 10.1. The first-order valence-electron chi connectivity index (χ1n) is 7.82. The number of aromatic nitrogens is 2. The summed E-state index contributed by atoms with van der Waals surface area (Å²) in [5.74, 6) is 0.778. The van der Waals surface area contributed by atoms with Crippen LogP contribution < -0.4 is 4.90 Å². The molecule has 0 aliphatic carbocycles. The second-order valence-electron chi connectivity index (χ2n) is 5.80. The van der Waals surface area contributed by atoms with Crippen molar-refractivity contribution in [3.05, 3.63) is 12.4 Å². The highest BCUT2D eigenvalue weighted by Crippen LogP contribution is 2.15. The van der Waals surface area contributed by atoms with Crippen molar-refractivity contribution < 1.29 is 0 Å². The quantitative estimate of drug-likeness (QED) is 0.667. The van der Waals surface area contributed by atoms with E-state index in [-0.39, 0.29) is 0 Å². The SMILES string of the molecule is Sc1cnc(N2CC(=NCCCN3CCCCC3)C2)nc1. The molecule has 0 aromatic carbocycles. The summed E-state index contributed by atoms with van der Waals surface area (Å²) in [6.07, 6.45) is 8.79. The minimum Gasteiger partial charge on any atom is -0.330 e. The van der Waals surface area contributed by atoms with Gasteiger partial charge < -0.3 is 9.80 Å². The summed E-state index contributed by atoms with van der Waals surface area (Å²) < 4.78 is 0. The Morgan fingerprint density at radius 1 is 1.10 bits per heavy atom. The molecule has 2 fully saturated rings. The van der Waals surface area contributed by atoms with E-state index in [1.54, 1.807) is 12.4 Å². The van der Waals surface area contributed by atoms with Gasteiger partial charge in [-0.2, -0.15) is 0 Å². The summed E-state index contributed by atoms with van der Waals surface area (Å²) in [5.41, 5.74) is 1.27. The molecule has 21 heavy (non-hydrogen) atoms. The van der Waals surface area contributed by atoms with Gasteiger partial charge in [-0.3, -0.25) is 4.99 Å². The van der Waals surface area contributed by atoms with Gasteiger partial charge in [0.2, 0.25) is 5.95 Å². The molecule has 1 aromatic rings. The summed E-state index contributed by atoms with van der Waals surface area (Å²) in [6, 6.07) is 0. The van der Waals surface area contributed by atoms with Crippen molar-refractivity contribution in [1.29, 1.82) is 0 Å². The van der Waals surface area contributed by atoms with Crippen LogP contribution in [0.4, 0.5) is 5.95 Å². The van der Waals surface area contributed by atoms with Crippen LogP contribution in [-0.4, -0.2) is 59.8 Å². The third-order valence-corrected chi connectivity index (χ3v) is 4.30. The minimum atomic E-state index is 0.778. The van der Waals surface area contributed by atoms with Crippen molar-refractivity contribution in [3.8, 4) is 0 Å². The average molecular weight is 305 g/mol. The van der Waals surface area contributed by atoms with Crippen LogP contribution in [0.15, 0.2) is 22.3 Å². The van der Waals surface area contributed by atoms with Crippen LogP contribution in [0.25, 0.3) is 0 Å². The van der Waals surface area contributed by atoms with E-state index in [1.165, 1.54) is 51.0 Å². The van der Waals surface area contributed by atoms with Gasteiger partial charge in [-0.1, -0.05) is 6.42 Å². The number of hydrogen-bond acceptors (Lipinski definition) is 6. The molecule has 0 bridgehead atoms. The van der Waals surface area contributed by atoms with Crippen LogP contribution in [0.3, 0.4) is 0 Å². The molecule has 2 aliphatic rings. The maximum Gasteiger partial charge on any atom is 0.226 e. The van der Waals surface area contributed by atoms with E-state index >= 15 is 0 Å². The van der Waals surface area contributed by atoms with Gasteiger partial charge in [0.1, 0.15) is 0 Å². The number of aliphatic imine (C=N–C) groups is 1. The summed E-state index contributed by atoms with van der Waals surface area (Å²) in [7, 11) is 0. The van der Waals surface area contributed by atoms with Crippen LogP contribution in [0, 0.1) is 0 Å². The first kappa shape index (κ1) is 14.8. The van der Waals surface area contributed by atoms with Gasteiger partial charge in [0.25, 0.3) is 0 Å². The number of rotatable bonds is 5. The van der Waals surface area contributed by atoms with Crippen LogP contribution in [-0.2, 0) is 0 Å². The molecule has 2 aliphatic heterocycles. The van der Waals surface area contributed by atoms with Gasteiger partial charge in [-0.25, -0.2) is 9.97 Å². The van der Waals surface area contributed by atoms with E-state index in [0.717, 1.165) is 30.5 Å². The molecule has 5 nitrogen and oxygen atoms in total. The number of piperidine rings is 1. The number of anilines is 1. The van der Waals surface area contributed by atoms with Crippen LogP contribution in [0.2, 0.25) is 0 Å². The minimum absolute atomic E-state index is 0.778. The molecule has 3 rings (SSSR count). The van der Waals surface area contributed by atoms with Crippen molar-refractivity contribution in [1.82, 2.24) is 14.9 Å². The van der Waals surface area contributed by atoms with Gasteiger partial charge in [0.15, 0.2) is 0 Å². The zero-order chi connectivity index (χ0) is 14.5. The predicted octanol–water partition coefficient (Wildman–Crippen LogP) is 1.90. The van der Waals surface area contributed by atoms with Crippen molar-refractivity contribution in [3.63, 3.8) is 0 Å². The lowest BCUT2D eigenvalue weighted by Crippen LogP contribution is -2.48. The zero-order valence-corrected chi connectivity index (χ0v) is 13.3. The lowest BCUT2D eigenvalue weighted by Gasteiger charge is -2.32. The van der Waals surface area contributed by atoms with Crippen molar-refractivity contribution in [2.75, 3.05) is 44.2 Å². The molecular formula is C15H23N5S. The highest BCUT2D eigenvalue weighted by Gasteiger charge is 2.23. The van der Waals surface area contributed by atoms with Gasteiger partial charge in [0.05, 0.1) is 18.8 Å². The molecule has 0 N–H and O–H groups in total. The summed E-state index contributed by atoms with van der Waals surface area (Å²) >= 11 is 4.19. The third-order valence-electron chi connectivity index (χ3n) is 4.07. The van der Waals surface area contributed by atoms with Gasteiger partial charge in [-0.05, 0) is 38.9 Å². The van der Waals surface area contributed by atoms with Crippen LogP contribution >= 0.6 is 12.6 Å². The molecule has 0 unspecified atom stereocenters. The van der Waals surface area contributed by atoms with E-state index in [4.69, 9.17) is 0 Å². The fourth-order valence-corrected chi connectivity index (χ4v) is 2.94. The molecule has 1 aromatic heterocycles. The molecular weight excluding hydrogens is 282 g/mol. The third kappa shape index (κ3) is 4.17. The fraction of sp³-hybridized carbons (Fsp3) is 0.667. The van der Waals surface area contributed by atoms with Crippen LogP contribution in [0.5, 0.6) is 0 Å². The van der Waals surface area contributed by atoms with Crippen LogP contribution in [0.1, 0.15) is 25.7 Å². The van der Waals surface area contributed by atoms with E-state index in [2.05, 4.69) is 37.4 Å². The Hall–Kier alpha value is -1.14. The Labute approximate surface area is 131 Å². The highest BCUT2D eigenvalue weighted by molar-refractivity contribution is 7.80. The first-order chi connectivity index (χ1) is 10.3. The van der Waals surface area contributed by atoms with E-state index in [9.17, 15) is 0 Å². The Balaban J connectivity index is 1.34.